The summed E-state index contributed by atoms with van der Waals surface area (Å²) in [5.74, 6) is -2.43. The first kappa shape index (κ1) is 24.7. The summed E-state index contributed by atoms with van der Waals surface area (Å²) >= 11 is 5.79. The van der Waals surface area contributed by atoms with Crippen LogP contribution >= 0.6 is 11.6 Å². The number of benzene rings is 2. The standard InChI is InChI=1S/C15H7ClF4N2O.C7H13NO2/c16-10-4-1-3-9(15(18,19)20)13(10)14(23)22-12-6-2-5-11(17)8(12)7-21-22;1-8-4-2-6(3-5-8)7(9)10/h1-7H;6H,2-5H2,1H3,(H,9,10). The van der Waals surface area contributed by atoms with Crippen LogP contribution in [0.25, 0.3) is 10.9 Å². The first-order chi connectivity index (χ1) is 15.5. The van der Waals surface area contributed by atoms with E-state index in [0.29, 0.717) is 4.68 Å². The number of aliphatic carboxylic acids is 1. The second kappa shape index (κ2) is 9.88. The van der Waals surface area contributed by atoms with E-state index in [2.05, 4.69) is 10.00 Å². The van der Waals surface area contributed by atoms with Crippen molar-refractivity contribution in [3.63, 3.8) is 0 Å². The lowest BCUT2D eigenvalue weighted by molar-refractivity contribution is -0.143. The predicted octanol–water partition coefficient (Wildman–Crippen LogP) is 4.95. The quantitative estimate of drug-likeness (QED) is 0.520. The van der Waals surface area contributed by atoms with Gasteiger partial charge in [0, 0.05) is 0 Å². The molecule has 2 aromatic carbocycles. The van der Waals surface area contributed by atoms with Crippen LogP contribution in [0.1, 0.15) is 28.8 Å². The summed E-state index contributed by atoms with van der Waals surface area (Å²) in [6.07, 6.45) is -2.06. The van der Waals surface area contributed by atoms with E-state index in [1.807, 2.05) is 7.05 Å². The van der Waals surface area contributed by atoms with Crippen molar-refractivity contribution in [1.82, 2.24) is 14.7 Å². The molecular weight excluding hydrogens is 466 g/mol. The van der Waals surface area contributed by atoms with Gasteiger partial charge in [-0.05, 0) is 57.2 Å². The lowest BCUT2D eigenvalue weighted by atomic mass is 9.98. The van der Waals surface area contributed by atoms with E-state index in [-0.39, 0.29) is 21.8 Å². The summed E-state index contributed by atoms with van der Waals surface area (Å²) in [4.78, 5) is 25.1. The molecule has 3 aromatic rings. The number of carbonyl (C=O) groups is 2. The van der Waals surface area contributed by atoms with Crippen LogP contribution in [0, 0.1) is 11.7 Å². The van der Waals surface area contributed by atoms with Crippen LogP contribution < -0.4 is 0 Å². The number of aromatic nitrogens is 2. The van der Waals surface area contributed by atoms with Gasteiger partial charge in [0.2, 0.25) is 0 Å². The van der Waals surface area contributed by atoms with Gasteiger partial charge in [-0.2, -0.15) is 23.0 Å². The molecule has 0 radical (unpaired) electrons. The summed E-state index contributed by atoms with van der Waals surface area (Å²) in [6, 6.07) is 6.91. The highest BCUT2D eigenvalue weighted by Gasteiger charge is 2.37. The Morgan fingerprint density at radius 1 is 1.12 bits per heavy atom. The minimum atomic E-state index is -4.76. The van der Waals surface area contributed by atoms with Crippen LogP contribution in [0.5, 0.6) is 0 Å². The largest absolute Gasteiger partial charge is 0.481 e. The molecule has 1 aliphatic rings. The van der Waals surface area contributed by atoms with Gasteiger partial charge >= 0.3 is 12.1 Å². The molecule has 1 aromatic heterocycles. The molecule has 1 aliphatic heterocycles. The number of halogens is 5. The zero-order valence-electron chi connectivity index (χ0n) is 17.4. The van der Waals surface area contributed by atoms with E-state index in [1.165, 1.54) is 18.2 Å². The molecule has 176 valence electrons. The normalized spacial score (nSPS) is 15.2. The molecule has 0 unspecified atom stereocenters. The Hall–Kier alpha value is -2.98. The first-order valence-electron chi connectivity index (χ1n) is 9.94. The molecule has 0 spiro atoms. The van der Waals surface area contributed by atoms with E-state index in [0.717, 1.165) is 50.3 Å². The van der Waals surface area contributed by atoms with Crippen molar-refractivity contribution in [2.45, 2.75) is 19.0 Å². The number of carboxylic acid groups (broad SMARTS) is 1. The maximum absolute atomic E-state index is 13.6. The van der Waals surface area contributed by atoms with Gasteiger partial charge < -0.3 is 10.0 Å². The van der Waals surface area contributed by atoms with Gasteiger partial charge in [0.1, 0.15) is 5.82 Å². The Balaban J connectivity index is 0.000000257. The van der Waals surface area contributed by atoms with Crippen LogP contribution in [-0.4, -0.2) is 51.8 Å². The van der Waals surface area contributed by atoms with Crippen molar-refractivity contribution >= 4 is 34.4 Å². The van der Waals surface area contributed by atoms with Gasteiger partial charge in [0.05, 0.1) is 39.2 Å². The maximum atomic E-state index is 13.6. The molecule has 0 atom stereocenters. The van der Waals surface area contributed by atoms with E-state index < -0.39 is 35.0 Å². The third-order valence-electron chi connectivity index (χ3n) is 5.35. The molecule has 1 saturated heterocycles. The SMILES string of the molecule is CN1CCC(C(=O)O)CC1.O=C(c1c(Cl)cccc1C(F)(F)F)n1ncc2c(F)cccc21. The highest BCUT2D eigenvalue weighted by atomic mass is 35.5. The van der Waals surface area contributed by atoms with Crippen molar-refractivity contribution in [2.24, 2.45) is 5.92 Å². The number of hydrogen-bond acceptors (Lipinski definition) is 4. The summed E-state index contributed by atoms with van der Waals surface area (Å²) < 4.78 is 53.7. The number of rotatable bonds is 2. The maximum Gasteiger partial charge on any atom is 0.417 e. The second-order valence-corrected chi connectivity index (χ2v) is 8.02. The highest BCUT2D eigenvalue weighted by molar-refractivity contribution is 6.34. The number of likely N-dealkylation sites (tertiary alicyclic amines) is 1. The molecule has 2 heterocycles. The van der Waals surface area contributed by atoms with Crippen LogP contribution in [0.2, 0.25) is 5.02 Å². The lowest BCUT2D eigenvalue weighted by Crippen LogP contribution is -2.33. The Kier molecular flexibility index (Phi) is 7.38. The van der Waals surface area contributed by atoms with E-state index in [4.69, 9.17) is 16.7 Å². The fourth-order valence-electron chi connectivity index (χ4n) is 3.52. The predicted molar refractivity (Wildman–Crippen MR) is 114 cm³/mol. The molecular formula is C22H20ClF4N3O3. The van der Waals surface area contributed by atoms with E-state index in [9.17, 15) is 27.2 Å². The van der Waals surface area contributed by atoms with Crippen molar-refractivity contribution < 1.29 is 32.3 Å². The molecule has 0 saturated carbocycles. The van der Waals surface area contributed by atoms with Crippen molar-refractivity contribution in [3.8, 4) is 0 Å². The zero-order chi connectivity index (χ0) is 24.3. The third-order valence-corrected chi connectivity index (χ3v) is 5.67. The zero-order valence-corrected chi connectivity index (χ0v) is 18.2. The number of alkyl halides is 3. The van der Waals surface area contributed by atoms with Gasteiger partial charge in [-0.3, -0.25) is 9.59 Å². The van der Waals surface area contributed by atoms with E-state index >= 15 is 0 Å². The molecule has 33 heavy (non-hydrogen) atoms. The average molecular weight is 486 g/mol. The first-order valence-corrected chi connectivity index (χ1v) is 10.3. The average Bonchev–Trinajstić information content (AvgIpc) is 3.19. The monoisotopic (exact) mass is 485 g/mol. The number of hydrogen-bond donors (Lipinski definition) is 1. The molecule has 4 rings (SSSR count). The molecule has 0 bridgehead atoms. The second-order valence-electron chi connectivity index (χ2n) is 7.61. The summed E-state index contributed by atoms with van der Waals surface area (Å²) in [7, 11) is 2.03. The molecule has 1 fully saturated rings. The van der Waals surface area contributed by atoms with Crippen LogP contribution in [0.3, 0.4) is 0 Å². The lowest BCUT2D eigenvalue weighted by Gasteiger charge is -2.25. The van der Waals surface area contributed by atoms with Crippen LogP contribution in [0.4, 0.5) is 17.6 Å². The van der Waals surface area contributed by atoms with Crippen LogP contribution in [-0.2, 0) is 11.0 Å². The molecule has 11 heteroatoms. The summed E-state index contributed by atoms with van der Waals surface area (Å²) in [5, 5.41) is 12.0. The fraction of sp³-hybridized carbons (Fsp3) is 0.318. The van der Waals surface area contributed by atoms with Crippen LogP contribution in [0.15, 0.2) is 42.6 Å². The minimum Gasteiger partial charge on any atom is -0.481 e. The van der Waals surface area contributed by atoms with Crippen molar-refractivity contribution in [2.75, 3.05) is 20.1 Å². The smallest absolute Gasteiger partial charge is 0.417 e. The number of fused-ring (bicyclic) bond motifs is 1. The van der Waals surface area contributed by atoms with Gasteiger partial charge in [0.25, 0.3) is 5.91 Å². The van der Waals surface area contributed by atoms with Gasteiger partial charge in [-0.15, -0.1) is 0 Å². The number of nitrogens with zero attached hydrogens (tertiary/aromatic N) is 3. The Morgan fingerprint density at radius 2 is 1.76 bits per heavy atom. The third kappa shape index (κ3) is 5.51. The van der Waals surface area contributed by atoms with Crippen molar-refractivity contribution in [1.29, 1.82) is 0 Å². The minimum absolute atomic E-state index is 0.0291. The molecule has 0 amide bonds. The van der Waals surface area contributed by atoms with E-state index in [1.54, 1.807) is 0 Å². The Morgan fingerprint density at radius 3 is 2.36 bits per heavy atom. The Labute approximate surface area is 191 Å². The highest BCUT2D eigenvalue weighted by Crippen LogP contribution is 2.35. The molecule has 0 aliphatic carbocycles. The van der Waals surface area contributed by atoms with Gasteiger partial charge in [-0.1, -0.05) is 23.7 Å². The van der Waals surface area contributed by atoms with Crippen molar-refractivity contribution in [3.05, 3.63) is 64.6 Å². The van der Waals surface area contributed by atoms with Gasteiger partial charge in [-0.25, -0.2) is 4.39 Å². The summed E-state index contributed by atoms with van der Waals surface area (Å²) in [5.41, 5.74) is -1.84. The topological polar surface area (TPSA) is 75.4 Å². The molecule has 6 nitrogen and oxygen atoms in total. The summed E-state index contributed by atoms with van der Waals surface area (Å²) in [6.45, 7) is 1.86. The number of carboxylic acids is 1. The number of carbonyl (C=O) groups excluding carboxylic acids is 1. The van der Waals surface area contributed by atoms with Gasteiger partial charge in [0.15, 0.2) is 0 Å². The Bertz CT molecular complexity index is 1170. The molecule has 1 N–H and O–H groups in total. The number of piperidine rings is 1. The fourth-order valence-corrected chi connectivity index (χ4v) is 3.77.